The van der Waals surface area contributed by atoms with Crippen molar-refractivity contribution in [3.05, 3.63) is 24.0 Å². The molecule has 0 radical (unpaired) electrons. The molecule has 3 aliphatic heterocycles. The first kappa shape index (κ1) is 12.6. The Balaban J connectivity index is 1.41. The minimum Gasteiger partial charge on any atom is -0.374 e. The average Bonchev–Trinajstić information content (AvgIpc) is 3.20. The lowest BCUT2D eigenvalue weighted by Gasteiger charge is -2.19. The van der Waals surface area contributed by atoms with E-state index in [2.05, 4.69) is 10.3 Å². The van der Waals surface area contributed by atoms with Crippen molar-refractivity contribution in [3.63, 3.8) is 0 Å². The van der Waals surface area contributed by atoms with Crippen molar-refractivity contribution in [1.82, 2.24) is 9.88 Å². The molecule has 4 heterocycles. The number of hydrogen-bond acceptors (Lipinski definition) is 4. The van der Waals surface area contributed by atoms with E-state index >= 15 is 0 Å². The Morgan fingerprint density at radius 2 is 2.05 bits per heavy atom. The van der Waals surface area contributed by atoms with Crippen molar-refractivity contribution < 1.29 is 9.53 Å². The van der Waals surface area contributed by atoms with Crippen LogP contribution in [0, 0.1) is 23.2 Å². The maximum Gasteiger partial charge on any atom is 0.321 e. The summed E-state index contributed by atoms with van der Waals surface area (Å²) >= 11 is 0. The second kappa shape index (κ2) is 4.71. The number of rotatable bonds is 1. The summed E-state index contributed by atoms with van der Waals surface area (Å²) in [6.45, 7) is 1.56. The van der Waals surface area contributed by atoms with E-state index in [1.807, 2.05) is 11.0 Å². The molecule has 4 rings (SSSR count). The van der Waals surface area contributed by atoms with E-state index < -0.39 is 0 Å². The van der Waals surface area contributed by atoms with Crippen LogP contribution in [0.25, 0.3) is 0 Å². The fourth-order valence-electron chi connectivity index (χ4n) is 3.86. The molecule has 0 aliphatic carbocycles. The van der Waals surface area contributed by atoms with E-state index in [0.29, 0.717) is 35.4 Å². The third kappa shape index (κ3) is 2.05. The SMILES string of the molecule is N#Cc1ccc(NC(=O)N2C[C@@H]3[C@H](C2)[C@H]2CC[C@@H]3O2)cn1. The number of fused-ring (bicyclic) bond motifs is 5. The van der Waals surface area contributed by atoms with Crippen LogP contribution < -0.4 is 5.32 Å². The first-order valence-electron chi connectivity index (χ1n) is 7.32. The van der Waals surface area contributed by atoms with Crippen LogP contribution in [-0.2, 0) is 4.74 Å². The Labute approximate surface area is 122 Å². The molecular formula is C15H16N4O2. The third-order valence-electron chi connectivity index (χ3n) is 4.87. The number of nitrogens with zero attached hydrogens (tertiary/aromatic N) is 3. The first-order chi connectivity index (χ1) is 10.2. The lowest BCUT2D eigenvalue weighted by Crippen LogP contribution is -2.35. The van der Waals surface area contributed by atoms with Gasteiger partial charge in [-0.1, -0.05) is 0 Å². The highest BCUT2D eigenvalue weighted by Gasteiger charge is 2.53. The number of hydrogen-bond donors (Lipinski definition) is 1. The average molecular weight is 284 g/mol. The standard InChI is InChI=1S/C15H16N4O2/c16-5-9-1-2-10(6-17-9)18-15(20)19-7-11-12(8-19)14-4-3-13(11)21-14/h1-2,6,11-14H,3-4,7-8H2,(H,18,20)/t11-,12+,13+,14-. The van der Waals surface area contributed by atoms with Gasteiger partial charge in [-0.3, -0.25) is 0 Å². The van der Waals surface area contributed by atoms with Gasteiger partial charge in [0.25, 0.3) is 0 Å². The van der Waals surface area contributed by atoms with Gasteiger partial charge in [0, 0.05) is 24.9 Å². The second-order valence-corrected chi connectivity index (χ2v) is 6.00. The molecule has 1 N–H and O–H groups in total. The van der Waals surface area contributed by atoms with Crippen LogP contribution in [0.2, 0.25) is 0 Å². The summed E-state index contributed by atoms with van der Waals surface area (Å²) < 4.78 is 5.91. The number of carbonyl (C=O) groups is 1. The summed E-state index contributed by atoms with van der Waals surface area (Å²) in [5.74, 6) is 1.02. The predicted octanol–water partition coefficient (Wildman–Crippen LogP) is 1.59. The maximum absolute atomic E-state index is 12.3. The first-order valence-corrected chi connectivity index (χ1v) is 7.32. The Morgan fingerprint density at radius 1 is 1.33 bits per heavy atom. The van der Waals surface area contributed by atoms with Crippen LogP contribution in [0.5, 0.6) is 0 Å². The van der Waals surface area contributed by atoms with E-state index in [9.17, 15) is 4.79 Å². The van der Waals surface area contributed by atoms with Gasteiger partial charge in [0.2, 0.25) is 0 Å². The van der Waals surface area contributed by atoms with Gasteiger partial charge in [-0.25, -0.2) is 9.78 Å². The minimum absolute atomic E-state index is 0.0877. The van der Waals surface area contributed by atoms with Gasteiger partial charge >= 0.3 is 6.03 Å². The number of urea groups is 1. The van der Waals surface area contributed by atoms with Crippen LogP contribution in [0.1, 0.15) is 18.5 Å². The zero-order valence-corrected chi connectivity index (χ0v) is 11.5. The summed E-state index contributed by atoms with van der Waals surface area (Å²) in [5, 5.41) is 11.6. The summed E-state index contributed by atoms with van der Waals surface area (Å²) in [7, 11) is 0. The maximum atomic E-state index is 12.3. The molecule has 6 nitrogen and oxygen atoms in total. The van der Waals surface area contributed by atoms with E-state index in [4.69, 9.17) is 10.00 Å². The molecule has 2 amide bonds. The number of carbonyl (C=O) groups excluding carboxylic acids is 1. The molecule has 1 aromatic heterocycles. The normalized spacial score (nSPS) is 32.8. The summed E-state index contributed by atoms with van der Waals surface area (Å²) in [6, 6.07) is 5.17. The Kier molecular flexibility index (Phi) is 2.82. The topological polar surface area (TPSA) is 78.2 Å². The van der Waals surface area contributed by atoms with Gasteiger partial charge in [-0.2, -0.15) is 5.26 Å². The molecule has 0 unspecified atom stereocenters. The predicted molar refractivity (Wildman–Crippen MR) is 74.4 cm³/mol. The smallest absolute Gasteiger partial charge is 0.321 e. The highest BCUT2D eigenvalue weighted by molar-refractivity contribution is 5.89. The number of likely N-dealkylation sites (tertiary alicyclic amines) is 1. The quantitative estimate of drug-likeness (QED) is 0.849. The Hall–Kier alpha value is -2.13. The molecule has 4 atom stereocenters. The molecule has 3 fully saturated rings. The number of anilines is 1. The molecular weight excluding hydrogens is 268 g/mol. The Bertz CT molecular complexity index is 591. The lowest BCUT2D eigenvalue weighted by atomic mass is 9.82. The number of nitriles is 1. The van der Waals surface area contributed by atoms with E-state index in [0.717, 1.165) is 25.9 Å². The van der Waals surface area contributed by atoms with Gasteiger partial charge in [0.1, 0.15) is 11.8 Å². The van der Waals surface area contributed by atoms with Crippen LogP contribution in [0.4, 0.5) is 10.5 Å². The number of pyridine rings is 1. The second-order valence-electron chi connectivity index (χ2n) is 6.00. The van der Waals surface area contributed by atoms with Crippen molar-refractivity contribution in [1.29, 1.82) is 5.26 Å². The molecule has 0 aromatic carbocycles. The monoisotopic (exact) mass is 284 g/mol. The minimum atomic E-state index is -0.0877. The highest BCUT2D eigenvalue weighted by atomic mass is 16.5. The zero-order valence-electron chi connectivity index (χ0n) is 11.5. The largest absolute Gasteiger partial charge is 0.374 e. The van der Waals surface area contributed by atoms with Crippen molar-refractivity contribution in [3.8, 4) is 6.07 Å². The number of aromatic nitrogens is 1. The molecule has 0 spiro atoms. The summed E-state index contributed by atoms with van der Waals surface area (Å²) in [6.07, 6.45) is 4.51. The van der Waals surface area contributed by atoms with Crippen LogP contribution >= 0.6 is 0 Å². The molecule has 3 aliphatic rings. The van der Waals surface area contributed by atoms with Crippen molar-refractivity contribution >= 4 is 11.7 Å². The summed E-state index contributed by atoms with van der Waals surface area (Å²) in [4.78, 5) is 18.1. The number of nitrogens with one attached hydrogen (secondary N) is 1. The molecule has 2 bridgehead atoms. The molecule has 0 saturated carbocycles. The van der Waals surface area contributed by atoms with Gasteiger partial charge < -0.3 is 15.0 Å². The van der Waals surface area contributed by atoms with Crippen LogP contribution in [0.3, 0.4) is 0 Å². The van der Waals surface area contributed by atoms with Gasteiger partial charge in [-0.15, -0.1) is 0 Å². The Morgan fingerprint density at radius 3 is 2.62 bits per heavy atom. The molecule has 21 heavy (non-hydrogen) atoms. The van der Waals surface area contributed by atoms with Crippen molar-refractivity contribution in [2.24, 2.45) is 11.8 Å². The van der Waals surface area contributed by atoms with E-state index in [1.165, 1.54) is 6.20 Å². The lowest BCUT2D eigenvalue weighted by molar-refractivity contribution is 0.0747. The number of amides is 2. The van der Waals surface area contributed by atoms with Crippen LogP contribution in [0.15, 0.2) is 18.3 Å². The van der Waals surface area contributed by atoms with Gasteiger partial charge in [0.15, 0.2) is 0 Å². The fourth-order valence-corrected chi connectivity index (χ4v) is 3.86. The summed E-state index contributed by atoms with van der Waals surface area (Å²) in [5.41, 5.74) is 0.965. The highest BCUT2D eigenvalue weighted by Crippen LogP contribution is 2.47. The third-order valence-corrected chi connectivity index (χ3v) is 4.87. The van der Waals surface area contributed by atoms with Crippen molar-refractivity contribution in [2.75, 3.05) is 18.4 Å². The van der Waals surface area contributed by atoms with Gasteiger partial charge in [0.05, 0.1) is 24.1 Å². The molecule has 6 heteroatoms. The molecule has 3 saturated heterocycles. The molecule has 108 valence electrons. The van der Waals surface area contributed by atoms with Crippen molar-refractivity contribution in [2.45, 2.75) is 25.0 Å². The van der Waals surface area contributed by atoms with E-state index in [1.54, 1.807) is 12.1 Å². The zero-order chi connectivity index (χ0) is 14.4. The number of ether oxygens (including phenoxy) is 1. The fraction of sp³-hybridized carbons (Fsp3) is 0.533. The van der Waals surface area contributed by atoms with Gasteiger partial charge in [-0.05, 0) is 25.0 Å². The van der Waals surface area contributed by atoms with Crippen LogP contribution in [-0.4, -0.2) is 41.2 Å². The van der Waals surface area contributed by atoms with E-state index in [-0.39, 0.29) is 6.03 Å². The molecule has 1 aromatic rings.